The number of nitrogens with zero attached hydrogens (tertiary/aromatic N) is 3. The summed E-state index contributed by atoms with van der Waals surface area (Å²) in [5.74, 6) is 0.441. The van der Waals surface area contributed by atoms with Crippen LogP contribution in [0, 0.1) is 0 Å². The van der Waals surface area contributed by atoms with Crippen LogP contribution in [0.1, 0.15) is 0 Å². The largest absolute Gasteiger partial charge is 0.573 e. The molecule has 2 heterocycles. The summed E-state index contributed by atoms with van der Waals surface area (Å²) in [6.07, 6.45) is -2.84. The lowest BCUT2D eigenvalue weighted by Crippen LogP contribution is -2.16. The number of alkyl halides is 3. The van der Waals surface area contributed by atoms with E-state index in [9.17, 15) is 13.2 Å². The quantitative estimate of drug-likeness (QED) is 0.521. The first-order valence-corrected chi connectivity index (χ1v) is 7.76. The van der Waals surface area contributed by atoms with Crippen molar-refractivity contribution in [3.8, 4) is 28.3 Å². The van der Waals surface area contributed by atoms with E-state index in [1.165, 1.54) is 12.1 Å². The molecule has 4 aromatic rings. The monoisotopic (exact) mass is 355 g/mol. The zero-order valence-electron chi connectivity index (χ0n) is 13.3. The maximum Gasteiger partial charge on any atom is 0.573 e. The first-order chi connectivity index (χ1) is 12.5. The van der Waals surface area contributed by atoms with E-state index in [0.29, 0.717) is 11.5 Å². The Bertz CT molecular complexity index is 1040. The molecule has 0 saturated heterocycles. The number of hydrogen-bond acceptors (Lipinski definition) is 3. The summed E-state index contributed by atoms with van der Waals surface area (Å²) in [7, 11) is 0. The molecule has 0 radical (unpaired) electrons. The standard InChI is InChI=1S/C19H12F3N3O/c20-19(21,22)26-16-9-6-13(7-10-16)15-8-11-17-23-24-18(25(17)12-15)14-4-2-1-3-5-14/h1-12H. The molecule has 0 fully saturated rings. The zero-order valence-corrected chi connectivity index (χ0v) is 13.3. The summed E-state index contributed by atoms with van der Waals surface area (Å²) in [4.78, 5) is 0. The predicted octanol–water partition coefficient (Wildman–Crippen LogP) is 4.96. The molecule has 2 aromatic carbocycles. The molecule has 0 bridgehead atoms. The van der Waals surface area contributed by atoms with Crippen LogP contribution < -0.4 is 4.74 Å². The van der Waals surface area contributed by atoms with Gasteiger partial charge >= 0.3 is 6.36 Å². The fourth-order valence-corrected chi connectivity index (χ4v) is 2.69. The minimum atomic E-state index is -4.70. The Morgan fingerprint density at radius 3 is 2.12 bits per heavy atom. The number of halogens is 3. The van der Waals surface area contributed by atoms with Gasteiger partial charge in [0.05, 0.1) is 0 Å². The predicted molar refractivity (Wildman–Crippen MR) is 90.5 cm³/mol. The van der Waals surface area contributed by atoms with Gasteiger partial charge in [-0.3, -0.25) is 4.40 Å². The number of rotatable bonds is 3. The van der Waals surface area contributed by atoms with Crippen LogP contribution in [0.15, 0.2) is 72.9 Å². The number of benzene rings is 2. The highest BCUT2D eigenvalue weighted by Gasteiger charge is 2.30. The second-order valence-electron chi connectivity index (χ2n) is 5.61. The van der Waals surface area contributed by atoms with Crippen LogP contribution in [0.25, 0.3) is 28.2 Å². The molecule has 0 saturated carbocycles. The van der Waals surface area contributed by atoms with Crippen molar-refractivity contribution < 1.29 is 17.9 Å². The van der Waals surface area contributed by atoms with Crippen molar-refractivity contribution in [3.63, 3.8) is 0 Å². The molecule has 4 nitrogen and oxygen atoms in total. The van der Waals surface area contributed by atoms with Gasteiger partial charge in [-0.1, -0.05) is 42.5 Å². The van der Waals surface area contributed by atoms with E-state index in [1.54, 1.807) is 12.1 Å². The molecule has 0 aliphatic carbocycles. The van der Waals surface area contributed by atoms with Crippen molar-refractivity contribution in [2.75, 3.05) is 0 Å². The van der Waals surface area contributed by atoms with Crippen molar-refractivity contribution >= 4 is 5.65 Å². The highest BCUT2D eigenvalue weighted by Crippen LogP contribution is 2.27. The SMILES string of the molecule is FC(F)(F)Oc1ccc(-c2ccc3nnc(-c4ccccc4)n3c2)cc1. The van der Waals surface area contributed by atoms with E-state index < -0.39 is 6.36 Å². The molecule has 0 aliphatic rings. The Morgan fingerprint density at radius 2 is 1.42 bits per heavy atom. The van der Waals surface area contributed by atoms with Crippen molar-refractivity contribution in [2.45, 2.75) is 6.36 Å². The Labute approximate surface area is 146 Å². The Morgan fingerprint density at radius 1 is 0.731 bits per heavy atom. The maximum absolute atomic E-state index is 12.3. The van der Waals surface area contributed by atoms with Crippen LogP contribution in [0.5, 0.6) is 5.75 Å². The molecule has 0 atom stereocenters. The van der Waals surface area contributed by atoms with Crippen LogP contribution in [0.3, 0.4) is 0 Å². The van der Waals surface area contributed by atoms with Gasteiger partial charge in [-0.05, 0) is 35.4 Å². The molecule has 0 aliphatic heterocycles. The van der Waals surface area contributed by atoms with E-state index in [1.807, 2.05) is 53.1 Å². The minimum Gasteiger partial charge on any atom is -0.406 e. The van der Waals surface area contributed by atoms with E-state index in [2.05, 4.69) is 14.9 Å². The summed E-state index contributed by atoms with van der Waals surface area (Å²) in [5.41, 5.74) is 3.19. The average molecular weight is 355 g/mol. The summed E-state index contributed by atoms with van der Waals surface area (Å²) in [6, 6.07) is 19.0. The van der Waals surface area contributed by atoms with Crippen molar-refractivity contribution in [3.05, 3.63) is 72.9 Å². The third kappa shape index (κ3) is 3.23. The van der Waals surface area contributed by atoms with Gasteiger partial charge in [0.1, 0.15) is 5.75 Å². The highest BCUT2D eigenvalue weighted by molar-refractivity contribution is 5.67. The van der Waals surface area contributed by atoms with Crippen LogP contribution in [-0.2, 0) is 0 Å². The normalized spacial score (nSPS) is 11.7. The molecular weight excluding hydrogens is 343 g/mol. The van der Waals surface area contributed by atoms with Crippen LogP contribution in [-0.4, -0.2) is 21.0 Å². The summed E-state index contributed by atoms with van der Waals surface area (Å²) >= 11 is 0. The summed E-state index contributed by atoms with van der Waals surface area (Å²) in [6.45, 7) is 0. The second-order valence-corrected chi connectivity index (χ2v) is 5.61. The molecule has 0 N–H and O–H groups in total. The van der Waals surface area contributed by atoms with Gasteiger partial charge in [0.2, 0.25) is 0 Å². The van der Waals surface area contributed by atoms with Gasteiger partial charge in [0.15, 0.2) is 11.5 Å². The van der Waals surface area contributed by atoms with Gasteiger partial charge in [-0.2, -0.15) is 0 Å². The molecule has 4 rings (SSSR count). The summed E-state index contributed by atoms with van der Waals surface area (Å²) in [5, 5.41) is 8.37. The molecule has 0 spiro atoms. The molecule has 2 aromatic heterocycles. The number of aromatic nitrogens is 3. The average Bonchev–Trinajstić information content (AvgIpc) is 3.05. The van der Waals surface area contributed by atoms with Crippen LogP contribution >= 0.6 is 0 Å². The lowest BCUT2D eigenvalue weighted by atomic mass is 10.1. The lowest BCUT2D eigenvalue weighted by Gasteiger charge is -2.09. The number of ether oxygens (including phenoxy) is 1. The van der Waals surface area contributed by atoms with E-state index >= 15 is 0 Å². The van der Waals surface area contributed by atoms with Crippen molar-refractivity contribution in [1.82, 2.24) is 14.6 Å². The van der Waals surface area contributed by atoms with E-state index in [-0.39, 0.29) is 5.75 Å². The lowest BCUT2D eigenvalue weighted by molar-refractivity contribution is -0.274. The Kier molecular flexibility index (Phi) is 3.84. The topological polar surface area (TPSA) is 39.4 Å². The fraction of sp³-hybridized carbons (Fsp3) is 0.0526. The zero-order chi connectivity index (χ0) is 18.1. The van der Waals surface area contributed by atoms with Crippen molar-refractivity contribution in [1.29, 1.82) is 0 Å². The molecule has 0 unspecified atom stereocenters. The van der Waals surface area contributed by atoms with E-state index in [4.69, 9.17) is 0 Å². The molecule has 26 heavy (non-hydrogen) atoms. The highest BCUT2D eigenvalue weighted by atomic mass is 19.4. The second kappa shape index (κ2) is 6.18. The van der Waals surface area contributed by atoms with Gasteiger partial charge < -0.3 is 4.74 Å². The van der Waals surface area contributed by atoms with Crippen LogP contribution in [0.4, 0.5) is 13.2 Å². The molecule has 7 heteroatoms. The summed E-state index contributed by atoms with van der Waals surface area (Å²) < 4.78 is 42.6. The Balaban J connectivity index is 1.71. The van der Waals surface area contributed by atoms with Gasteiger partial charge in [0.25, 0.3) is 0 Å². The number of fused-ring (bicyclic) bond motifs is 1. The van der Waals surface area contributed by atoms with E-state index in [0.717, 1.165) is 16.7 Å². The smallest absolute Gasteiger partial charge is 0.406 e. The maximum atomic E-state index is 12.3. The third-order valence-corrected chi connectivity index (χ3v) is 3.86. The number of pyridine rings is 1. The molecular formula is C19H12F3N3O. The first-order valence-electron chi connectivity index (χ1n) is 7.76. The van der Waals surface area contributed by atoms with Gasteiger partial charge in [-0.25, -0.2) is 0 Å². The minimum absolute atomic E-state index is 0.253. The fourth-order valence-electron chi connectivity index (χ4n) is 2.69. The first kappa shape index (κ1) is 16.1. The van der Waals surface area contributed by atoms with Gasteiger partial charge in [0, 0.05) is 11.8 Å². The number of hydrogen-bond donors (Lipinski definition) is 0. The van der Waals surface area contributed by atoms with Gasteiger partial charge in [-0.15, -0.1) is 23.4 Å². The van der Waals surface area contributed by atoms with Crippen LogP contribution in [0.2, 0.25) is 0 Å². The molecule has 0 amide bonds. The van der Waals surface area contributed by atoms with Crippen molar-refractivity contribution in [2.24, 2.45) is 0 Å². The third-order valence-electron chi connectivity index (χ3n) is 3.86. The molecule has 130 valence electrons. The Hall–Kier alpha value is -3.35.